The molecule has 10 heteroatoms. The number of piperidine rings is 2. The normalized spacial score (nSPS) is 23.3. The maximum atomic E-state index is 13.0. The van der Waals surface area contributed by atoms with Crippen molar-refractivity contribution in [3.05, 3.63) is 54.4 Å². The van der Waals surface area contributed by atoms with E-state index in [0.717, 1.165) is 26.1 Å². The molecule has 196 valence electrons. The number of hydrogen-bond acceptors (Lipinski definition) is 7. The van der Waals surface area contributed by atoms with Crippen molar-refractivity contribution in [2.75, 3.05) is 37.7 Å². The Morgan fingerprint density at radius 3 is 2.53 bits per heavy atom. The summed E-state index contributed by atoms with van der Waals surface area (Å²) in [5, 5.41) is 11.2. The highest BCUT2D eigenvalue weighted by Crippen LogP contribution is 2.39. The van der Waals surface area contributed by atoms with E-state index in [9.17, 15) is 23.1 Å². The standard InChI is InChI=1S/C26H32F3N3O4/c27-26(28,29)24(33)36-23-18-25(34,20-6-4-12-30-19-20)11-16-32(23)21-7-9-22(10-8-21)35-17-5-15-31-13-2-1-3-14-31/h4,6-10,12,19,23,34H,1-3,5,11,13-18H2. The van der Waals surface area contributed by atoms with Crippen LogP contribution in [-0.4, -0.2) is 66.1 Å². The predicted octanol–water partition coefficient (Wildman–Crippen LogP) is 4.26. The quantitative estimate of drug-likeness (QED) is 0.423. The lowest BCUT2D eigenvalue weighted by Gasteiger charge is -2.44. The van der Waals surface area contributed by atoms with Gasteiger partial charge in [-0.15, -0.1) is 0 Å². The van der Waals surface area contributed by atoms with Gasteiger partial charge in [-0.2, -0.15) is 13.2 Å². The van der Waals surface area contributed by atoms with Crippen LogP contribution in [0.1, 0.15) is 44.1 Å². The van der Waals surface area contributed by atoms with E-state index in [1.165, 1.54) is 25.5 Å². The number of likely N-dealkylation sites (tertiary alicyclic amines) is 1. The van der Waals surface area contributed by atoms with E-state index in [-0.39, 0.29) is 19.4 Å². The highest BCUT2D eigenvalue weighted by atomic mass is 19.4. The van der Waals surface area contributed by atoms with Gasteiger partial charge in [0.05, 0.1) is 12.2 Å². The van der Waals surface area contributed by atoms with Crippen LogP contribution in [0.2, 0.25) is 0 Å². The van der Waals surface area contributed by atoms with E-state index in [0.29, 0.717) is 23.6 Å². The summed E-state index contributed by atoms with van der Waals surface area (Å²) in [6.45, 7) is 4.03. The molecule has 0 bridgehead atoms. The van der Waals surface area contributed by atoms with Crippen molar-refractivity contribution in [3.63, 3.8) is 0 Å². The minimum Gasteiger partial charge on any atom is -0.494 e. The van der Waals surface area contributed by atoms with E-state index < -0.39 is 24.0 Å². The monoisotopic (exact) mass is 507 g/mol. The average Bonchev–Trinajstić information content (AvgIpc) is 2.88. The zero-order chi connectivity index (χ0) is 25.6. The maximum absolute atomic E-state index is 13.0. The number of ether oxygens (including phenoxy) is 2. The zero-order valence-electron chi connectivity index (χ0n) is 20.1. The van der Waals surface area contributed by atoms with Gasteiger partial charge in [-0.25, -0.2) is 4.79 Å². The Morgan fingerprint density at radius 2 is 1.86 bits per heavy atom. The Balaban J connectivity index is 1.40. The second-order valence-corrected chi connectivity index (χ2v) is 9.38. The van der Waals surface area contributed by atoms with Crippen LogP contribution in [0.4, 0.5) is 18.9 Å². The van der Waals surface area contributed by atoms with Gasteiger partial charge in [0.2, 0.25) is 0 Å². The fourth-order valence-electron chi connectivity index (χ4n) is 4.84. The van der Waals surface area contributed by atoms with Crippen LogP contribution in [0.15, 0.2) is 48.8 Å². The van der Waals surface area contributed by atoms with Crippen molar-refractivity contribution in [3.8, 4) is 5.75 Å². The fraction of sp³-hybridized carbons (Fsp3) is 0.538. The highest BCUT2D eigenvalue weighted by molar-refractivity contribution is 5.76. The van der Waals surface area contributed by atoms with Gasteiger partial charge in [-0.05, 0) is 69.1 Å². The van der Waals surface area contributed by atoms with Crippen molar-refractivity contribution < 1.29 is 32.5 Å². The number of esters is 1. The average molecular weight is 508 g/mol. The third-order valence-electron chi connectivity index (χ3n) is 6.80. The molecular formula is C26H32F3N3O4. The number of carbonyl (C=O) groups excluding carboxylic acids is 1. The molecule has 0 aliphatic carbocycles. The number of benzene rings is 1. The Hall–Kier alpha value is -2.85. The molecule has 2 aromatic rings. The third kappa shape index (κ3) is 6.67. The van der Waals surface area contributed by atoms with Gasteiger partial charge in [-0.3, -0.25) is 4.98 Å². The van der Waals surface area contributed by atoms with Crippen LogP contribution in [-0.2, 0) is 15.1 Å². The number of halogens is 3. The largest absolute Gasteiger partial charge is 0.494 e. The zero-order valence-corrected chi connectivity index (χ0v) is 20.1. The molecule has 1 N–H and O–H groups in total. The molecule has 3 heterocycles. The number of rotatable bonds is 8. The summed E-state index contributed by atoms with van der Waals surface area (Å²) in [6, 6.07) is 10.2. The smallest absolute Gasteiger partial charge is 0.491 e. The molecule has 0 amide bonds. The SMILES string of the molecule is O=C(OC1CC(O)(c2cccnc2)CCN1c1ccc(OCCCN2CCCCC2)cc1)C(F)(F)F. The van der Waals surface area contributed by atoms with E-state index >= 15 is 0 Å². The highest BCUT2D eigenvalue weighted by Gasteiger charge is 2.47. The molecule has 2 atom stereocenters. The minimum atomic E-state index is -5.14. The van der Waals surface area contributed by atoms with Crippen molar-refractivity contribution in [1.29, 1.82) is 0 Å². The van der Waals surface area contributed by atoms with Gasteiger partial charge in [-0.1, -0.05) is 12.5 Å². The molecule has 2 unspecified atom stereocenters. The van der Waals surface area contributed by atoms with Gasteiger partial charge >= 0.3 is 12.1 Å². The first-order chi connectivity index (χ1) is 17.2. The van der Waals surface area contributed by atoms with Gasteiger partial charge in [0.25, 0.3) is 0 Å². The fourth-order valence-corrected chi connectivity index (χ4v) is 4.84. The van der Waals surface area contributed by atoms with Crippen LogP contribution >= 0.6 is 0 Å². The minimum absolute atomic E-state index is 0.178. The van der Waals surface area contributed by atoms with Gasteiger partial charge in [0.1, 0.15) is 5.75 Å². The summed E-state index contributed by atoms with van der Waals surface area (Å²) in [7, 11) is 0. The number of carbonyl (C=O) groups is 1. The van der Waals surface area contributed by atoms with E-state index in [1.807, 2.05) is 0 Å². The van der Waals surface area contributed by atoms with Crippen LogP contribution in [0, 0.1) is 0 Å². The van der Waals surface area contributed by atoms with Gasteiger partial charge < -0.3 is 24.4 Å². The molecule has 1 aromatic heterocycles. The van der Waals surface area contributed by atoms with Crippen LogP contribution in [0.3, 0.4) is 0 Å². The van der Waals surface area contributed by atoms with Crippen molar-refractivity contribution in [1.82, 2.24) is 9.88 Å². The second kappa shape index (κ2) is 11.5. The molecule has 7 nitrogen and oxygen atoms in total. The second-order valence-electron chi connectivity index (χ2n) is 9.38. The van der Waals surface area contributed by atoms with Crippen LogP contribution < -0.4 is 9.64 Å². The lowest BCUT2D eigenvalue weighted by atomic mass is 9.84. The topological polar surface area (TPSA) is 75.1 Å². The number of aliphatic hydroxyl groups is 1. The molecule has 0 saturated carbocycles. The number of alkyl halides is 3. The first-order valence-electron chi connectivity index (χ1n) is 12.4. The summed E-state index contributed by atoms with van der Waals surface area (Å²) in [5.74, 6) is -1.63. The molecule has 0 radical (unpaired) electrons. The van der Waals surface area contributed by atoms with Crippen molar-refractivity contribution >= 4 is 11.7 Å². The maximum Gasteiger partial charge on any atom is 0.491 e. The molecular weight excluding hydrogens is 475 g/mol. The number of pyridine rings is 1. The predicted molar refractivity (Wildman–Crippen MR) is 127 cm³/mol. The summed E-state index contributed by atoms with van der Waals surface area (Å²) >= 11 is 0. The number of nitrogens with zero attached hydrogens (tertiary/aromatic N) is 3. The molecule has 36 heavy (non-hydrogen) atoms. The lowest BCUT2D eigenvalue weighted by molar-refractivity contribution is -0.208. The van der Waals surface area contributed by atoms with Gasteiger partial charge in [0, 0.05) is 43.2 Å². The van der Waals surface area contributed by atoms with Crippen molar-refractivity contribution in [2.24, 2.45) is 0 Å². The molecule has 2 aliphatic rings. The first-order valence-corrected chi connectivity index (χ1v) is 12.4. The number of anilines is 1. The van der Waals surface area contributed by atoms with E-state index in [2.05, 4.69) is 9.88 Å². The molecule has 2 aliphatic heterocycles. The summed E-state index contributed by atoms with van der Waals surface area (Å²) in [4.78, 5) is 19.7. The number of aromatic nitrogens is 1. The molecule has 0 spiro atoms. The van der Waals surface area contributed by atoms with Crippen molar-refractivity contribution in [2.45, 2.75) is 56.5 Å². The van der Waals surface area contributed by atoms with E-state index in [1.54, 1.807) is 47.5 Å². The molecule has 2 fully saturated rings. The Bertz CT molecular complexity index is 984. The molecule has 1 aromatic carbocycles. The van der Waals surface area contributed by atoms with Crippen LogP contribution in [0.25, 0.3) is 0 Å². The Morgan fingerprint density at radius 1 is 1.11 bits per heavy atom. The van der Waals surface area contributed by atoms with E-state index in [4.69, 9.17) is 9.47 Å². The lowest BCUT2D eigenvalue weighted by Crippen LogP contribution is -2.52. The Kier molecular flexibility index (Phi) is 8.35. The number of hydrogen-bond donors (Lipinski definition) is 1. The van der Waals surface area contributed by atoms with Gasteiger partial charge in [0.15, 0.2) is 6.23 Å². The summed E-state index contributed by atoms with van der Waals surface area (Å²) in [6.07, 6.45) is 1.27. The molecule has 2 saturated heterocycles. The Labute approximate surface area is 208 Å². The summed E-state index contributed by atoms with van der Waals surface area (Å²) in [5.41, 5.74) is -0.437. The van der Waals surface area contributed by atoms with Crippen LogP contribution in [0.5, 0.6) is 5.75 Å². The summed E-state index contributed by atoms with van der Waals surface area (Å²) < 4.78 is 49.6. The first kappa shape index (κ1) is 26.2. The third-order valence-corrected chi connectivity index (χ3v) is 6.80. The molecule has 4 rings (SSSR count).